The fourth-order valence-corrected chi connectivity index (χ4v) is 4.88. The van der Waals surface area contributed by atoms with E-state index in [0.717, 1.165) is 32.2 Å². The molecule has 8 heteroatoms. The van der Waals surface area contributed by atoms with Gasteiger partial charge in [-0.25, -0.2) is 13.1 Å². The van der Waals surface area contributed by atoms with Crippen molar-refractivity contribution < 1.29 is 13.3 Å². The Labute approximate surface area is 122 Å². The summed E-state index contributed by atoms with van der Waals surface area (Å²) in [7, 11) is -3.66. The summed E-state index contributed by atoms with van der Waals surface area (Å²) in [6, 6.07) is 5.17. The summed E-state index contributed by atoms with van der Waals surface area (Å²) in [5, 5.41) is 14.0. The molecule has 2 atom stereocenters. The number of non-ortho nitro benzene ring substituents is 1. The van der Waals surface area contributed by atoms with Gasteiger partial charge in [0.25, 0.3) is 5.69 Å². The Kier molecular flexibility index (Phi) is 3.46. The highest BCUT2D eigenvalue weighted by molar-refractivity contribution is 7.89. The zero-order valence-electron chi connectivity index (χ0n) is 11.4. The summed E-state index contributed by atoms with van der Waals surface area (Å²) in [6.45, 7) is 0.813. The molecule has 0 aromatic heterocycles. The molecule has 0 amide bonds. The van der Waals surface area contributed by atoms with E-state index in [2.05, 4.69) is 10.0 Å². The molecule has 1 aromatic rings. The van der Waals surface area contributed by atoms with Crippen LogP contribution in [-0.4, -0.2) is 31.5 Å². The largest absolute Gasteiger partial charge is 0.312 e. The van der Waals surface area contributed by atoms with Crippen molar-refractivity contribution in [3.63, 3.8) is 0 Å². The number of benzene rings is 1. The molecule has 1 aliphatic carbocycles. The number of nitro groups is 1. The van der Waals surface area contributed by atoms with Gasteiger partial charge in [-0.05, 0) is 44.4 Å². The van der Waals surface area contributed by atoms with E-state index in [1.165, 1.54) is 24.3 Å². The Morgan fingerprint density at radius 2 is 2.00 bits per heavy atom. The van der Waals surface area contributed by atoms with Crippen LogP contribution in [0.4, 0.5) is 5.69 Å². The lowest BCUT2D eigenvalue weighted by Crippen LogP contribution is -2.52. The second-order valence-electron chi connectivity index (χ2n) is 5.66. The van der Waals surface area contributed by atoms with Gasteiger partial charge in [-0.15, -0.1) is 0 Å². The smallest absolute Gasteiger partial charge is 0.269 e. The predicted molar refractivity (Wildman–Crippen MR) is 76.4 cm³/mol. The Morgan fingerprint density at radius 1 is 1.29 bits per heavy atom. The highest BCUT2D eigenvalue weighted by Gasteiger charge is 2.48. The minimum atomic E-state index is -3.66. The van der Waals surface area contributed by atoms with Gasteiger partial charge in [0.1, 0.15) is 0 Å². The predicted octanol–water partition coefficient (Wildman–Crippen LogP) is 1.16. The summed E-state index contributed by atoms with van der Waals surface area (Å²) in [6.07, 6.45) is 3.59. The third kappa shape index (κ3) is 2.54. The van der Waals surface area contributed by atoms with Crippen molar-refractivity contribution in [3.8, 4) is 0 Å². The summed E-state index contributed by atoms with van der Waals surface area (Å²) < 4.78 is 27.8. The molecule has 0 unspecified atom stereocenters. The first-order chi connectivity index (χ1) is 9.93. The minimum absolute atomic E-state index is 0.0695. The van der Waals surface area contributed by atoms with Crippen LogP contribution in [0.25, 0.3) is 0 Å². The average Bonchev–Trinajstić information content (AvgIpc) is 2.97. The normalized spacial score (nSPS) is 28.5. The Bertz CT molecular complexity index is 646. The highest BCUT2D eigenvalue weighted by Crippen LogP contribution is 2.37. The minimum Gasteiger partial charge on any atom is -0.312 e. The number of nitrogens with one attached hydrogen (secondary N) is 2. The van der Waals surface area contributed by atoms with Gasteiger partial charge in [0.15, 0.2) is 0 Å². The number of rotatable bonds is 4. The lowest BCUT2D eigenvalue weighted by Gasteiger charge is -2.29. The maximum Gasteiger partial charge on any atom is 0.269 e. The van der Waals surface area contributed by atoms with Crippen molar-refractivity contribution in [2.24, 2.45) is 0 Å². The molecule has 114 valence electrons. The number of fused-ring (bicyclic) bond motifs is 1. The fraction of sp³-hybridized carbons (Fsp3) is 0.538. The molecule has 1 aromatic carbocycles. The van der Waals surface area contributed by atoms with Crippen molar-refractivity contribution >= 4 is 15.7 Å². The van der Waals surface area contributed by atoms with E-state index >= 15 is 0 Å². The van der Waals surface area contributed by atoms with Crippen LogP contribution >= 0.6 is 0 Å². The molecule has 1 saturated carbocycles. The van der Waals surface area contributed by atoms with Gasteiger partial charge in [-0.3, -0.25) is 10.1 Å². The van der Waals surface area contributed by atoms with E-state index in [-0.39, 0.29) is 16.6 Å². The second-order valence-corrected chi connectivity index (χ2v) is 7.34. The molecule has 2 fully saturated rings. The van der Waals surface area contributed by atoms with Crippen LogP contribution in [0.2, 0.25) is 0 Å². The molecule has 0 radical (unpaired) electrons. The molecule has 0 spiro atoms. The zero-order chi connectivity index (χ0) is 15.1. The third-order valence-electron chi connectivity index (χ3n) is 4.44. The van der Waals surface area contributed by atoms with Crippen LogP contribution in [-0.2, 0) is 10.0 Å². The van der Waals surface area contributed by atoms with Crippen molar-refractivity contribution in [3.05, 3.63) is 34.4 Å². The second kappa shape index (κ2) is 5.04. The molecule has 2 N–H and O–H groups in total. The summed E-state index contributed by atoms with van der Waals surface area (Å²) >= 11 is 0. The van der Waals surface area contributed by atoms with Crippen LogP contribution in [0.5, 0.6) is 0 Å². The summed E-state index contributed by atoms with van der Waals surface area (Å²) in [5.41, 5.74) is -0.519. The van der Waals surface area contributed by atoms with E-state index < -0.39 is 20.5 Å². The molecule has 7 nitrogen and oxygen atoms in total. The first-order valence-corrected chi connectivity index (χ1v) is 8.43. The topological polar surface area (TPSA) is 101 Å². The number of hydrogen-bond acceptors (Lipinski definition) is 5. The Balaban J connectivity index is 1.85. The monoisotopic (exact) mass is 311 g/mol. The van der Waals surface area contributed by atoms with E-state index in [1.807, 2.05) is 0 Å². The van der Waals surface area contributed by atoms with Crippen LogP contribution in [0.1, 0.15) is 25.7 Å². The van der Waals surface area contributed by atoms with Crippen LogP contribution in [0.15, 0.2) is 29.2 Å². The number of sulfonamides is 1. The zero-order valence-corrected chi connectivity index (χ0v) is 12.2. The molecule has 3 rings (SSSR count). The van der Waals surface area contributed by atoms with Crippen molar-refractivity contribution in [2.45, 2.75) is 42.2 Å². The van der Waals surface area contributed by atoms with Gasteiger partial charge in [0.2, 0.25) is 10.0 Å². The summed E-state index contributed by atoms with van der Waals surface area (Å²) in [5.74, 6) is 0. The van der Waals surface area contributed by atoms with Crippen molar-refractivity contribution in [2.75, 3.05) is 6.54 Å². The average molecular weight is 311 g/mol. The quantitative estimate of drug-likeness (QED) is 0.642. The lowest BCUT2D eigenvalue weighted by molar-refractivity contribution is -0.384. The molecular formula is C13H17N3O4S. The van der Waals surface area contributed by atoms with Gasteiger partial charge in [0.05, 0.1) is 9.82 Å². The molecular weight excluding hydrogens is 294 g/mol. The molecule has 1 saturated heterocycles. The molecule has 1 aliphatic heterocycles. The maximum atomic E-state index is 12.5. The van der Waals surface area contributed by atoms with E-state index in [4.69, 9.17) is 0 Å². The molecule has 2 aliphatic rings. The fourth-order valence-electron chi connectivity index (χ4n) is 3.38. The van der Waals surface area contributed by atoms with Crippen molar-refractivity contribution in [1.82, 2.24) is 10.0 Å². The van der Waals surface area contributed by atoms with E-state index in [1.54, 1.807) is 0 Å². The highest BCUT2D eigenvalue weighted by atomic mass is 32.2. The molecule has 1 heterocycles. The molecule has 0 bridgehead atoms. The molecule has 21 heavy (non-hydrogen) atoms. The van der Waals surface area contributed by atoms with E-state index in [0.29, 0.717) is 0 Å². The van der Waals surface area contributed by atoms with Crippen LogP contribution in [0.3, 0.4) is 0 Å². The standard InChI is InChI=1S/C13H17N3O4S/c17-16(18)10-3-5-11(6-4-10)21(19,20)15-13-7-1-2-12(13)14-9-8-13/h3-6,12,14-15H,1-2,7-9H2/t12-,13+/m1/s1. The third-order valence-corrected chi connectivity index (χ3v) is 6.01. The Morgan fingerprint density at radius 3 is 2.67 bits per heavy atom. The SMILES string of the molecule is O=[N+]([O-])c1ccc(S(=O)(=O)N[C@]23CCC[C@H]2NCC3)cc1. The van der Waals surface area contributed by atoms with E-state index in [9.17, 15) is 18.5 Å². The van der Waals surface area contributed by atoms with Gasteiger partial charge < -0.3 is 5.32 Å². The van der Waals surface area contributed by atoms with Gasteiger partial charge in [-0.1, -0.05) is 0 Å². The number of nitro benzene ring substituents is 1. The van der Waals surface area contributed by atoms with Gasteiger partial charge in [-0.2, -0.15) is 0 Å². The van der Waals surface area contributed by atoms with Gasteiger partial charge in [0, 0.05) is 23.7 Å². The Hall–Kier alpha value is -1.51. The first kappa shape index (κ1) is 14.4. The number of hydrogen-bond donors (Lipinski definition) is 2. The van der Waals surface area contributed by atoms with Gasteiger partial charge >= 0.3 is 0 Å². The first-order valence-electron chi connectivity index (χ1n) is 6.95. The lowest BCUT2D eigenvalue weighted by atomic mass is 9.95. The summed E-state index contributed by atoms with van der Waals surface area (Å²) in [4.78, 5) is 10.1. The number of nitrogens with zero attached hydrogens (tertiary/aromatic N) is 1. The van der Waals surface area contributed by atoms with Crippen molar-refractivity contribution in [1.29, 1.82) is 0 Å². The maximum absolute atomic E-state index is 12.5. The van der Waals surface area contributed by atoms with Crippen LogP contribution in [0, 0.1) is 10.1 Å². The van der Waals surface area contributed by atoms with Crippen LogP contribution < -0.4 is 10.0 Å².